The number of halogens is 1. The number of aryl methyl sites for hydroxylation is 1. The van der Waals surface area contributed by atoms with Crippen molar-refractivity contribution in [2.45, 2.75) is 13.5 Å². The summed E-state index contributed by atoms with van der Waals surface area (Å²) < 4.78 is 6.02. The normalized spacial score (nSPS) is 10.9. The summed E-state index contributed by atoms with van der Waals surface area (Å²) in [6.45, 7) is 2.38. The molecule has 3 aromatic rings. The summed E-state index contributed by atoms with van der Waals surface area (Å²) >= 11 is 3.46. The molecule has 0 N–H and O–H groups in total. The Morgan fingerprint density at radius 1 is 1.30 bits per heavy atom. The lowest BCUT2D eigenvalue weighted by atomic mass is 10.2. The van der Waals surface area contributed by atoms with E-state index in [2.05, 4.69) is 42.0 Å². The molecule has 0 saturated heterocycles. The molecule has 1 aromatic carbocycles. The summed E-state index contributed by atoms with van der Waals surface area (Å²) in [4.78, 5) is 10.7. The molecule has 102 valence electrons. The number of rotatable bonds is 3. The van der Waals surface area contributed by atoms with Gasteiger partial charge < -0.3 is 9.42 Å². The predicted molar refractivity (Wildman–Crippen MR) is 80.6 cm³/mol. The van der Waals surface area contributed by atoms with Gasteiger partial charge in [0.25, 0.3) is 0 Å². The van der Waals surface area contributed by atoms with Crippen LogP contribution in [0, 0.1) is 6.92 Å². The first kappa shape index (κ1) is 13.1. The van der Waals surface area contributed by atoms with Crippen LogP contribution >= 0.6 is 15.9 Å². The third kappa shape index (κ3) is 2.51. The quantitative estimate of drug-likeness (QED) is 0.736. The maximum atomic E-state index is 5.00. The van der Waals surface area contributed by atoms with Gasteiger partial charge in [0.1, 0.15) is 0 Å². The summed E-state index contributed by atoms with van der Waals surface area (Å²) in [6.07, 6.45) is 1.81. The number of pyridine rings is 1. The second-order valence-electron chi connectivity index (χ2n) is 4.58. The highest BCUT2D eigenvalue weighted by atomic mass is 79.9. The first-order chi connectivity index (χ1) is 9.63. The molecule has 0 bridgehead atoms. The first-order valence-corrected chi connectivity index (χ1v) is 6.97. The molecule has 0 atom stereocenters. The van der Waals surface area contributed by atoms with Crippen molar-refractivity contribution in [2.24, 2.45) is 0 Å². The summed E-state index contributed by atoms with van der Waals surface area (Å²) in [6, 6.07) is 8.06. The van der Waals surface area contributed by atoms with Crippen LogP contribution in [0.2, 0.25) is 0 Å². The van der Waals surface area contributed by atoms with Crippen LogP contribution in [0.3, 0.4) is 0 Å². The number of benzene rings is 1. The van der Waals surface area contributed by atoms with Crippen molar-refractivity contribution in [3.8, 4) is 0 Å². The third-order valence-electron chi connectivity index (χ3n) is 3.04. The molecule has 3 rings (SSSR count). The van der Waals surface area contributed by atoms with Crippen molar-refractivity contribution >= 4 is 32.5 Å². The average molecular weight is 333 g/mol. The van der Waals surface area contributed by atoms with E-state index in [1.165, 1.54) is 0 Å². The van der Waals surface area contributed by atoms with Crippen molar-refractivity contribution in [3.05, 3.63) is 46.7 Å². The van der Waals surface area contributed by atoms with E-state index in [0.717, 1.165) is 21.1 Å². The van der Waals surface area contributed by atoms with Crippen molar-refractivity contribution in [1.29, 1.82) is 0 Å². The Kier molecular flexibility index (Phi) is 3.40. The van der Waals surface area contributed by atoms with Gasteiger partial charge in [-0.2, -0.15) is 4.98 Å². The van der Waals surface area contributed by atoms with Crippen LogP contribution in [0.5, 0.6) is 0 Å². The van der Waals surface area contributed by atoms with Gasteiger partial charge in [0.05, 0.1) is 12.1 Å². The lowest BCUT2D eigenvalue weighted by Crippen LogP contribution is -2.17. The second kappa shape index (κ2) is 5.20. The fourth-order valence-corrected chi connectivity index (χ4v) is 2.49. The van der Waals surface area contributed by atoms with Crippen LogP contribution in [-0.2, 0) is 6.54 Å². The minimum Gasteiger partial charge on any atom is -0.366 e. The maximum absolute atomic E-state index is 5.00. The average Bonchev–Trinajstić information content (AvgIpc) is 2.83. The summed E-state index contributed by atoms with van der Waals surface area (Å²) in [5, 5.41) is 5.02. The lowest BCUT2D eigenvalue weighted by molar-refractivity contribution is 0.387. The zero-order valence-corrected chi connectivity index (χ0v) is 12.8. The van der Waals surface area contributed by atoms with E-state index in [9.17, 15) is 0 Å². The van der Waals surface area contributed by atoms with E-state index in [-0.39, 0.29) is 0 Å². The molecule has 20 heavy (non-hydrogen) atoms. The predicted octanol–water partition coefficient (Wildman–Crippen LogP) is 3.33. The Balaban J connectivity index is 1.96. The fraction of sp³-hybridized carbons (Fsp3) is 0.214. The van der Waals surface area contributed by atoms with Gasteiger partial charge in [0.15, 0.2) is 5.82 Å². The summed E-state index contributed by atoms with van der Waals surface area (Å²) in [5.74, 6) is 1.25. The monoisotopic (exact) mass is 332 g/mol. The third-order valence-corrected chi connectivity index (χ3v) is 3.53. The molecular weight excluding hydrogens is 320 g/mol. The number of aromatic nitrogens is 3. The van der Waals surface area contributed by atoms with E-state index in [1.807, 2.05) is 31.4 Å². The molecular formula is C14H13BrN4O. The van der Waals surface area contributed by atoms with Crippen LogP contribution in [0.15, 0.2) is 39.5 Å². The van der Waals surface area contributed by atoms with Crippen molar-refractivity contribution < 1.29 is 4.52 Å². The van der Waals surface area contributed by atoms with Crippen LogP contribution in [0.1, 0.15) is 11.7 Å². The SMILES string of the molecule is Cc1nc(CN(C)c2ccnc3cc(Br)ccc23)no1. The van der Waals surface area contributed by atoms with Crippen LogP contribution in [0.4, 0.5) is 5.69 Å². The molecule has 2 aromatic heterocycles. The number of hydrogen-bond donors (Lipinski definition) is 0. The highest BCUT2D eigenvalue weighted by molar-refractivity contribution is 9.10. The molecule has 0 saturated carbocycles. The largest absolute Gasteiger partial charge is 0.366 e. The van der Waals surface area contributed by atoms with E-state index in [0.29, 0.717) is 18.3 Å². The van der Waals surface area contributed by atoms with Gasteiger partial charge in [0.2, 0.25) is 5.89 Å². The second-order valence-corrected chi connectivity index (χ2v) is 5.49. The smallest absolute Gasteiger partial charge is 0.223 e. The summed E-state index contributed by atoms with van der Waals surface area (Å²) in [7, 11) is 2.00. The summed E-state index contributed by atoms with van der Waals surface area (Å²) in [5.41, 5.74) is 2.04. The van der Waals surface area contributed by atoms with Crippen molar-refractivity contribution in [3.63, 3.8) is 0 Å². The van der Waals surface area contributed by atoms with Crippen molar-refractivity contribution in [2.75, 3.05) is 11.9 Å². The Hall–Kier alpha value is -1.95. The van der Waals surface area contributed by atoms with Crippen LogP contribution in [0.25, 0.3) is 10.9 Å². The van der Waals surface area contributed by atoms with Gasteiger partial charge >= 0.3 is 0 Å². The molecule has 0 radical (unpaired) electrons. The molecule has 0 aliphatic rings. The number of nitrogens with zero attached hydrogens (tertiary/aromatic N) is 4. The number of fused-ring (bicyclic) bond motifs is 1. The Labute approximate surface area is 124 Å². The molecule has 0 spiro atoms. The van der Waals surface area contributed by atoms with Crippen LogP contribution < -0.4 is 4.90 Å². The fourth-order valence-electron chi connectivity index (χ4n) is 2.14. The highest BCUT2D eigenvalue weighted by Crippen LogP contribution is 2.27. The van der Waals surface area contributed by atoms with Gasteiger partial charge in [-0.1, -0.05) is 21.1 Å². The molecule has 0 aliphatic carbocycles. The first-order valence-electron chi connectivity index (χ1n) is 6.18. The standard InChI is InChI=1S/C14H13BrN4O/c1-9-17-14(18-20-9)8-19(2)13-5-6-16-12-7-10(15)3-4-11(12)13/h3-7H,8H2,1-2H3. The minimum absolute atomic E-state index is 0.580. The zero-order valence-electron chi connectivity index (χ0n) is 11.2. The maximum Gasteiger partial charge on any atom is 0.223 e. The number of hydrogen-bond acceptors (Lipinski definition) is 5. The molecule has 2 heterocycles. The van der Waals surface area contributed by atoms with Gasteiger partial charge in [0, 0.05) is 35.7 Å². The highest BCUT2D eigenvalue weighted by Gasteiger charge is 2.10. The minimum atomic E-state index is 0.580. The van der Waals surface area contributed by atoms with Gasteiger partial charge in [-0.05, 0) is 24.3 Å². The molecule has 6 heteroatoms. The zero-order chi connectivity index (χ0) is 14.1. The van der Waals surface area contributed by atoms with E-state index >= 15 is 0 Å². The van der Waals surface area contributed by atoms with Gasteiger partial charge in [-0.25, -0.2) is 0 Å². The van der Waals surface area contributed by atoms with E-state index in [1.54, 1.807) is 6.92 Å². The van der Waals surface area contributed by atoms with E-state index < -0.39 is 0 Å². The Morgan fingerprint density at radius 2 is 2.15 bits per heavy atom. The Bertz CT molecular complexity index is 756. The molecule has 0 amide bonds. The topological polar surface area (TPSA) is 55.1 Å². The molecule has 0 fully saturated rings. The van der Waals surface area contributed by atoms with Crippen LogP contribution in [-0.4, -0.2) is 22.2 Å². The molecule has 0 aliphatic heterocycles. The van der Waals surface area contributed by atoms with Gasteiger partial charge in [-0.3, -0.25) is 4.98 Å². The molecule has 5 nitrogen and oxygen atoms in total. The lowest BCUT2D eigenvalue weighted by Gasteiger charge is -2.19. The van der Waals surface area contributed by atoms with Crippen molar-refractivity contribution in [1.82, 2.24) is 15.1 Å². The van der Waals surface area contributed by atoms with Gasteiger partial charge in [-0.15, -0.1) is 0 Å². The molecule has 0 unspecified atom stereocenters. The Morgan fingerprint density at radius 3 is 2.90 bits per heavy atom. The van der Waals surface area contributed by atoms with E-state index in [4.69, 9.17) is 4.52 Å². The number of anilines is 1.